The molecule has 0 bridgehead atoms. The van der Waals surface area contributed by atoms with E-state index in [-0.39, 0.29) is 12.0 Å². The standard InChI is InChI=1S/C23H30N4O2/c1-16(2)29-21-6-4-18(5-7-21)13-26-10-8-19(14-26)23-24-12-20-15-27(17(3)28)11-9-22(20)25-23/h4-7,12,16,19H,8-11,13-15H2,1-3H3. The van der Waals surface area contributed by atoms with E-state index in [2.05, 4.69) is 34.1 Å². The molecule has 1 aromatic carbocycles. The number of nitrogens with zero attached hydrogens (tertiary/aromatic N) is 4. The highest BCUT2D eigenvalue weighted by Gasteiger charge is 2.28. The van der Waals surface area contributed by atoms with E-state index < -0.39 is 0 Å². The van der Waals surface area contributed by atoms with Crippen LogP contribution in [-0.4, -0.2) is 51.4 Å². The third-order valence-electron chi connectivity index (χ3n) is 5.74. The Kier molecular flexibility index (Phi) is 5.81. The van der Waals surface area contributed by atoms with Crippen molar-refractivity contribution in [3.63, 3.8) is 0 Å². The number of aromatic nitrogens is 2. The van der Waals surface area contributed by atoms with Crippen molar-refractivity contribution < 1.29 is 9.53 Å². The van der Waals surface area contributed by atoms with Crippen molar-refractivity contribution in [1.82, 2.24) is 19.8 Å². The SMILES string of the molecule is CC(=O)N1CCc2nc(C3CCN(Cc4ccc(OC(C)C)cc4)C3)ncc2C1. The van der Waals surface area contributed by atoms with Crippen LogP contribution in [-0.2, 0) is 24.3 Å². The predicted molar refractivity (Wildman–Crippen MR) is 112 cm³/mol. The van der Waals surface area contributed by atoms with Gasteiger partial charge in [-0.05, 0) is 44.5 Å². The summed E-state index contributed by atoms with van der Waals surface area (Å²) in [5.41, 5.74) is 3.51. The molecule has 2 aliphatic rings. The molecule has 1 saturated heterocycles. The van der Waals surface area contributed by atoms with Gasteiger partial charge < -0.3 is 9.64 Å². The first kappa shape index (κ1) is 19.8. The van der Waals surface area contributed by atoms with Gasteiger partial charge in [0, 0.05) is 57.2 Å². The van der Waals surface area contributed by atoms with E-state index >= 15 is 0 Å². The van der Waals surface area contributed by atoms with Gasteiger partial charge in [-0.1, -0.05) is 12.1 Å². The minimum Gasteiger partial charge on any atom is -0.491 e. The first-order valence-corrected chi connectivity index (χ1v) is 10.6. The van der Waals surface area contributed by atoms with Crippen molar-refractivity contribution in [2.24, 2.45) is 0 Å². The normalized spacial score (nSPS) is 19.4. The van der Waals surface area contributed by atoms with Crippen molar-refractivity contribution in [3.8, 4) is 5.75 Å². The van der Waals surface area contributed by atoms with Crippen molar-refractivity contribution in [2.45, 2.75) is 58.7 Å². The topological polar surface area (TPSA) is 58.6 Å². The van der Waals surface area contributed by atoms with Crippen LogP contribution in [0.15, 0.2) is 30.5 Å². The summed E-state index contributed by atoms with van der Waals surface area (Å²) in [7, 11) is 0. The number of fused-ring (bicyclic) bond motifs is 1. The average molecular weight is 395 g/mol. The molecule has 4 rings (SSSR count). The van der Waals surface area contributed by atoms with Crippen molar-refractivity contribution in [1.29, 1.82) is 0 Å². The maximum atomic E-state index is 11.6. The molecule has 1 amide bonds. The lowest BCUT2D eigenvalue weighted by atomic mass is 10.0. The molecule has 29 heavy (non-hydrogen) atoms. The molecule has 2 aromatic rings. The second kappa shape index (κ2) is 8.49. The Morgan fingerprint density at radius 3 is 2.76 bits per heavy atom. The zero-order valence-electron chi connectivity index (χ0n) is 17.6. The molecule has 0 saturated carbocycles. The molecule has 154 valence electrons. The Morgan fingerprint density at radius 1 is 1.24 bits per heavy atom. The summed E-state index contributed by atoms with van der Waals surface area (Å²) in [6.45, 7) is 10.1. The molecular formula is C23H30N4O2. The molecule has 0 aliphatic carbocycles. The minimum atomic E-state index is 0.120. The Morgan fingerprint density at radius 2 is 2.03 bits per heavy atom. The van der Waals surface area contributed by atoms with Crippen molar-refractivity contribution in [3.05, 3.63) is 53.1 Å². The Hall–Kier alpha value is -2.47. The van der Waals surface area contributed by atoms with E-state index in [4.69, 9.17) is 9.72 Å². The Labute approximate surface area is 172 Å². The maximum Gasteiger partial charge on any atom is 0.219 e. The highest BCUT2D eigenvalue weighted by molar-refractivity contribution is 5.73. The van der Waals surface area contributed by atoms with Crippen LogP contribution in [0.4, 0.5) is 0 Å². The van der Waals surface area contributed by atoms with Gasteiger partial charge in [-0.3, -0.25) is 9.69 Å². The van der Waals surface area contributed by atoms with Crippen LogP contribution in [0, 0.1) is 0 Å². The summed E-state index contributed by atoms with van der Waals surface area (Å²) in [4.78, 5) is 25.5. The molecule has 0 radical (unpaired) electrons. The summed E-state index contributed by atoms with van der Waals surface area (Å²) in [6, 6.07) is 8.42. The zero-order valence-corrected chi connectivity index (χ0v) is 17.6. The molecule has 3 heterocycles. The maximum absolute atomic E-state index is 11.6. The van der Waals surface area contributed by atoms with Gasteiger partial charge in [-0.15, -0.1) is 0 Å². The molecule has 6 nitrogen and oxygen atoms in total. The van der Waals surface area contributed by atoms with Crippen LogP contribution in [0.3, 0.4) is 0 Å². The van der Waals surface area contributed by atoms with Gasteiger partial charge in [0.05, 0.1) is 11.8 Å². The summed E-state index contributed by atoms with van der Waals surface area (Å²) in [5.74, 6) is 2.39. The highest BCUT2D eigenvalue weighted by atomic mass is 16.5. The molecular weight excluding hydrogens is 364 g/mol. The second-order valence-corrected chi connectivity index (χ2v) is 8.42. The van der Waals surface area contributed by atoms with E-state index in [0.29, 0.717) is 12.5 Å². The lowest BCUT2D eigenvalue weighted by Gasteiger charge is -2.27. The highest BCUT2D eigenvalue weighted by Crippen LogP contribution is 2.28. The van der Waals surface area contributed by atoms with Gasteiger partial charge in [0.15, 0.2) is 0 Å². The number of benzene rings is 1. The lowest BCUT2D eigenvalue weighted by molar-refractivity contribution is -0.129. The minimum absolute atomic E-state index is 0.120. The van der Waals surface area contributed by atoms with Gasteiger partial charge in [0.1, 0.15) is 11.6 Å². The fourth-order valence-corrected chi connectivity index (χ4v) is 4.19. The predicted octanol–water partition coefficient (Wildman–Crippen LogP) is 3.16. The summed E-state index contributed by atoms with van der Waals surface area (Å²) in [6.07, 6.45) is 4.05. The van der Waals surface area contributed by atoms with Gasteiger partial charge >= 0.3 is 0 Å². The molecule has 0 N–H and O–H groups in total. The second-order valence-electron chi connectivity index (χ2n) is 8.42. The number of ether oxygens (including phenoxy) is 1. The first-order chi connectivity index (χ1) is 14.0. The lowest BCUT2D eigenvalue weighted by Crippen LogP contribution is -2.35. The number of carbonyl (C=O) groups excluding carboxylic acids is 1. The third-order valence-corrected chi connectivity index (χ3v) is 5.74. The quantitative estimate of drug-likeness (QED) is 0.780. The number of hydrogen-bond donors (Lipinski definition) is 0. The molecule has 1 atom stereocenters. The smallest absolute Gasteiger partial charge is 0.219 e. The van der Waals surface area contributed by atoms with E-state index in [1.165, 1.54) is 5.56 Å². The van der Waals surface area contributed by atoms with Crippen LogP contribution >= 0.6 is 0 Å². The Bertz CT molecular complexity index is 866. The van der Waals surface area contributed by atoms with E-state index in [9.17, 15) is 4.79 Å². The van der Waals surface area contributed by atoms with Crippen molar-refractivity contribution >= 4 is 5.91 Å². The first-order valence-electron chi connectivity index (χ1n) is 10.6. The summed E-state index contributed by atoms with van der Waals surface area (Å²) >= 11 is 0. The number of hydrogen-bond acceptors (Lipinski definition) is 5. The van der Waals surface area contributed by atoms with Crippen LogP contribution in [0.1, 0.15) is 55.8 Å². The molecule has 0 spiro atoms. The number of likely N-dealkylation sites (tertiary alicyclic amines) is 1. The molecule has 1 fully saturated rings. The summed E-state index contributed by atoms with van der Waals surface area (Å²) < 4.78 is 5.73. The molecule has 6 heteroatoms. The molecule has 1 aromatic heterocycles. The van der Waals surface area contributed by atoms with Gasteiger partial charge in [-0.2, -0.15) is 0 Å². The summed E-state index contributed by atoms with van der Waals surface area (Å²) in [5, 5.41) is 0. The number of rotatable bonds is 5. The van der Waals surface area contributed by atoms with E-state index in [0.717, 1.165) is 61.9 Å². The fourth-order valence-electron chi connectivity index (χ4n) is 4.19. The third kappa shape index (κ3) is 4.75. The van der Waals surface area contributed by atoms with Crippen LogP contribution in [0.5, 0.6) is 5.75 Å². The van der Waals surface area contributed by atoms with Crippen LogP contribution in [0.25, 0.3) is 0 Å². The zero-order chi connectivity index (χ0) is 20.4. The number of amides is 1. The number of carbonyl (C=O) groups is 1. The largest absolute Gasteiger partial charge is 0.491 e. The van der Waals surface area contributed by atoms with E-state index in [1.54, 1.807) is 6.92 Å². The fraction of sp³-hybridized carbons (Fsp3) is 0.522. The van der Waals surface area contributed by atoms with Gasteiger partial charge in [0.25, 0.3) is 0 Å². The molecule has 1 unspecified atom stereocenters. The molecule has 2 aliphatic heterocycles. The van der Waals surface area contributed by atoms with Crippen molar-refractivity contribution in [2.75, 3.05) is 19.6 Å². The van der Waals surface area contributed by atoms with Gasteiger partial charge in [-0.25, -0.2) is 9.97 Å². The Balaban J connectivity index is 1.36. The van der Waals surface area contributed by atoms with Gasteiger partial charge in [0.2, 0.25) is 5.91 Å². The van der Waals surface area contributed by atoms with Crippen LogP contribution in [0.2, 0.25) is 0 Å². The van der Waals surface area contributed by atoms with Crippen LogP contribution < -0.4 is 4.74 Å². The average Bonchev–Trinajstić information content (AvgIpc) is 3.16. The monoisotopic (exact) mass is 394 g/mol. The van der Waals surface area contributed by atoms with E-state index in [1.807, 2.05) is 24.9 Å².